The molecule has 1 aromatic heterocycles. The number of hydrogen-bond acceptors (Lipinski definition) is 2. The molecule has 0 atom stereocenters. The van der Waals surface area contributed by atoms with Crippen molar-refractivity contribution in [1.29, 1.82) is 0 Å². The molecule has 1 amide bonds. The number of carbonyl (C=O) groups excluding carboxylic acids is 1. The third-order valence-electron chi connectivity index (χ3n) is 3.57. The van der Waals surface area contributed by atoms with Crippen molar-refractivity contribution in [1.82, 2.24) is 15.5 Å². The van der Waals surface area contributed by atoms with E-state index in [0.717, 1.165) is 18.5 Å². The summed E-state index contributed by atoms with van der Waals surface area (Å²) in [7, 11) is 0. The van der Waals surface area contributed by atoms with Gasteiger partial charge in [-0.15, -0.1) is 0 Å². The Kier molecular flexibility index (Phi) is 3.73. The first-order chi connectivity index (χ1) is 8.48. The average molecular weight is 249 g/mol. The molecule has 0 aliphatic heterocycles. The summed E-state index contributed by atoms with van der Waals surface area (Å²) >= 11 is 0. The van der Waals surface area contributed by atoms with Crippen LogP contribution in [0.4, 0.5) is 0 Å². The Morgan fingerprint density at radius 1 is 1.33 bits per heavy atom. The van der Waals surface area contributed by atoms with Crippen LogP contribution in [-0.4, -0.2) is 22.1 Å². The molecule has 18 heavy (non-hydrogen) atoms. The zero-order valence-electron chi connectivity index (χ0n) is 11.5. The monoisotopic (exact) mass is 249 g/mol. The van der Waals surface area contributed by atoms with Gasteiger partial charge in [0.15, 0.2) is 0 Å². The van der Waals surface area contributed by atoms with Gasteiger partial charge in [-0.25, -0.2) is 0 Å². The first kappa shape index (κ1) is 13.1. The molecule has 0 radical (unpaired) electrons. The quantitative estimate of drug-likeness (QED) is 0.846. The average Bonchev–Trinajstić information content (AvgIpc) is 2.79. The lowest BCUT2D eigenvalue weighted by Gasteiger charge is -2.24. The van der Waals surface area contributed by atoms with Crippen molar-refractivity contribution in [3.8, 4) is 0 Å². The van der Waals surface area contributed by atoms with E-state index in [2.05, 4.69) is 36.3 Å². The molecule has 1 aliphatic rings. The molecule has 0 saturated heterocycles. The summed E-state index contributed by atoms with van der Waals surface area (Å²) in [5.41, 5.74) is 1.51. The highest BCUT2D eigenvalue weighted by molar-refractivity contribution is 5.95. The van der Waals surface area contributed by atoms with Crippen LogP contribution in [0.3, 0.4) is 0 Å². The first-order valence-corrected chi connectivity index (χ1v) is 6.83. The number of aromatic nitrogens is 2. The Labute approximate surface area is 109 Å². The second-order valence-corrected chi connectivity index (χ2v) is 6.22. The van der Waals surface area contributed by atoms with E-state index in [1.165, 1.54) is 19.3 Å². The van der Waals surface area contributed by atoms with Crippen molar-refractivity contribution < 1.29 is 4.79 Å². The van der Waals surface area contributed by atoms with Crippen LogP contribution in [0.15, 0.2) is 6.20 Å². The number of carbonyl (C=O) groups is 1. The Morgan fingerprint density at radius 3 is 2.61 bits per heavy atom. The molecule has 0 unspecified atom stereocenters. The number of nitrogens with one attached hydrogen (secondary N) is 2. The molecular weight excluding hydrogens is 226 g/mol. The van der Waals surface area contributed by atoms with Crippen molar-refractivity contribution in [2.45, 2.75) is 64.3 Å². The van der Waals surface area contributed by atoms with Gasteiger partial charge in [-0.1, -0.05) is 40.0 Å². The Hall–Kier alpha value is -1.32. The smallest absolute Gasteiger partial charge is 0.254 e. The maximum atomic E-state index is 12.3. The zero-order chi connectivity index (χ0) is 13.2. The van der Waals surface area contributed by atoms with E-state index >= 15 is 0 Å². The lowest BCUT2D eigenvalue weighted by atomic mass is 9.89. The number of hydrogen-bond donors (Lipinski definition) is 2. The Bertz CT molecular complexity index is 411. The largest absolute Gasteiger partial charge is 0.349 e. The van der Waals surface area contributed by atoms with Crippen molar-refractivity contribution in [2.24, 2.45) is 0 Å². The van der Waals surface area contributed by atoms with E-state index in [4.69, 9.17) is 0 Å². The summed E-state index contributed by atoms with van der Waals surface area (Å²) in [6.07, 6.45) is 7.60. The third-order valence-corrected chi connectivity index (χ3v) is 3.57. The van der Waals surface area contributed by atoms with E-state index in [1.807, 2.05) is 0 Å². The Balaban J connectivity index is 2.07. The summed E-state index contributed by atoms with van der Waals surface area (Å²) < 4.78 is 0. The van der Waals surface area contributed by atoms with Crippen LogP contribution >= 0.6 is 0 Å². The van der Waals surface area contributed by atoms with E-state index < -0.39 is 0 Å². The second kappa shape index (κ2) is 5.12. The van der Waals surface area contributed by atoms with Crippen molar-refractivity contribution in [3.63, 3.8) is 0 Å². The molecule has 4 nitrogen and oxygen atoms in total. The molecule has 2 N–H and O–H groups in total. The summed E-state index contributed by atoms with van der Waals surface area (Å²) in [6, 6.07) is 0.342. The lowest BCUT2D eigenvalue weighted by molar-refractivity contribution is 0.0925. The SMILES string of the molecule is CC(C)(C)c1[nH]ncc1C(=O)NC1CCCCC1. The van der Waals surface area contributed by atoms with Gasteiger partial charge in [-0.3, -0.25) is 9.89 Å². The fraction of sp³-hybridized carbons (Fsp3) is 0.714. The second-order valence-electron chi connectivity index (χ2n) is 6.22. The van der Waals surface area contributed by atoms with Gasteiger partial charge in [0, 0.05) is 11.5 Å². The van der Waals surface area contributed by atoms with Gasteiger partial charge >= 0.3 is 0 Å². The molecular formula is C14H23N3O. The molecule has 2 rings (SSSR count). The molecule has 4 heteroatoms. The molecule has 0 aromatic carbocycles. The minimum absolute atomic E-state index is 0.0144. The Morgan fingerprint density at radius 2 is 2.00 bits per heavy atom. The fourth-order valence-electron chi connectivity index (χ4n) is 2.54. The molecule has 0 spiro atoms. The molecule has 0 bridgehead atoms. The number of aromatic amines is 1. The van der Waals surface area contributed by atoms with Gasteiger partial charge in [-0.2, -0.15) is 5.10 Å². The van der Waals surface area contributed by atoms with Crippen LogP contribution in [0, 0.1) is 0 Å². The van der Waals surface area contributed by atoms with E-state index in [-0.39, 0.29) is 11.3 Å². The maximum absolute atomic E-state index is 12.3. The van der Waals surface area contributed by atoms with Gasteiger partial charge < -0.3 is 5.32 Å². The standard InChI is InChI=1S/C14H23N3O/c1-14(2,3)12-11(9-15-17-12)13(18)16-10-7-5-4-6-8-10/h9-10H,4-8H2,1-3H3,(H,15,17)(H,16,18). The van der Waals surface area contributed by atoms with Crippen LogP contribution in [0.2, 0.25) is 0 Å². The highest BCUT2D eigenvalue weighted by atomic mass is 16.1. The summed E-state index contributed by atoms with van der Waals surface area (Å²) in [6.45, 7) is 6.24. The van der Waals surface area contributed by atoms with Crippen LogP contribution < -0.4 is 5.32 Å². The molecule has 1 fully saturated rings. The van der Waals surface area contributed by atoms with Crippen LogP contribution in [0.25, 0.3) is 0 Å². The number of H-pyrrole nitrogens is 1. The van der Waals surface area contributed by atoms with Crippen LogP contribution in [0.5, 0.6) is 0 Å². The molecule has 1 heterocycles. The fourth-order valence-corrected chi connectivity index (χ4v) is 2.54. The number of rotatable bonds is 2. The van der Waals surface area contributed by atoms with Crippen molar-refractivity contribution >= 4 is 5.91 Å². The number of nitrogens with zero attached hydrogens (tertiary/aromatic N) is 1. The van der Waals surface area contributed by atoms with Gasteiger partial charge in [0.1, 0.15) is 0 Å². The van der Waals surface area contributed by atoms with Crippen molar-refractivity contribution in [2.75, 3.05) is 0 Å². The summed E-state index contributed by atoms with van der Waals surface area (Å²) in [5, 5.41) is 10.1. The highest BCUT2D eigenvalue weighted by Crippen LogP contribution is 2.24. The van der Waals surface area contributed by atoms with E-state index in [1.54, 1.807) is 6.20 Å². The maximum Gasteiger partial charge on any atom is 0.254 e. The third kappa shape index (κ3) is 2.92. The highest BCUT2D eigenvalue weighted by Gasteiger charge is 2.25. The summed E-state index contributed by atoms with van der Waals surface area (Å²) in [4.78, 5) is 12.3. The van der Waals surface area contributed by atoms with E-state index in [0.29, 0.717) is 11.6 Å². The van der Waals surface area contributed by atoms with Gasteiger partial charge in [0.25, 0.3) is 5.91 Å². The van der Waals surface area contributed by atoms with Gasteiger partial charge in [-0.05, 0) is 12.8 Å². The normalized spacial score (nSPS) is 17.7. The lowest BCUT2D eigenvalue weighted by Crippen LogP contribution is -2.37. The predicted octanol–water partition coefficient (Wildman–Crippen LogP) is 2.77. The minimum Gasteiger partial charge on any atom is -0.349 e. The molecule has 1 aliphatic carbocycles. The predicted molar refractivity (Wildman–Crippen MR) is 71.6 cm³/mol. The topological polar surface area (TPSA) is 57.8 Å². The van der Waals surface area contributed by atoms with Crippen molar-refractivity contribution in [3.05, 3.63) is 17.5 Å². The molecule has 1 aromatic rings. The first-order valence-electron chi connectivity index (χ1n) is 6.83. The number of amides is 1. The molecule has 1 saturated carbocycles. The van der Waals surface area contributed by atoms with Gasteiger partial charge in [0.2, 0.25) is 0 Å². The summed E-state index contributed by atoms with van der Waals surface area (Å²) in [5.74, 6) is 0.0144. The van der Waals surface area contributed by atoms with E-state index in [9.17, 15) is 4.79 Å². The zero-order valence-corrected chi connectivity index (χ0v) is 11.5. The molecule has 100 valence electrons. The minimum atomic E-state index is -0.0876. The van der Waals surface area contributed by atoms with Gasteiger partial charge in [0.05, 0.1) is 17.5 Å². The van der Waals surface area contributed by atoms with Crippen LogP contribution in [0.1, 0.15) is 68.9 Å². The van der Waals surface area contributed by atoms with Crippen LogP contribution in [-0.2, 0) is 5.41 Å².